The summed E-state index contributed by atoms with van der Waals surface area (Å²) in [5.41, 5.74) is 1.18. The second-order valence-electron chi connectivity index (χ2n) is 10.3. The Labute approximate surface area is 227 Å². The topological polar surface area (TPSA) is 112 Å². The van der Waals surface area contributed by atoms with Gasteiger partial charge in [0.05, 0.1) is 25.5 Å². The van der Waals surface area contributed by atoms with Crippen LogP contribution in [0.2, 0.25) is 0 Å². The van der Waals surface area contributed by atoms with Crippen molar-refractivity contribution in [3.8, 4) is 5.75 Å². The molecule has 4 rings (SSSR count). The first-order valence-corrected chi connectivity index (χ1v) is 13.4. The number of hydrogen-bond acceptors (Lipinski definition) is 8. The zero-order chi connectivity index (χ0) is 28.2. The smallest absolute Gasteiger partial charge is 0.342 e. The summed E-state index contributed by atoms with van der Waals surface area (Å²) in [7, 11) is 2.81. The third-order valence-electron chi connectivity index (χ3n) is 7.04. The minimum atomic E-state index is -3.55. The van der Waals surface area contributed by atoms with Gasteiger partial charge < -0.3 is 30.5 Å². The second kappa shape index (κ2) is 12.1. The maximum absolute atomic E-state index is 14.8. The quantitative estimate of drug-likeness (QED) is 0.388. The maximum atomic E-state index is 14.8. The number of anilines is 4. The van der Waals surface area contributed by atoms with Crippen LogP contribution in [0.5, 0.6) is 5.75 Å². The van der Waals surface area contributed by atoms with Crippen molar-refractivity contribution in [1.29, 1.82) is 0 Å². The normalized spacial score (nSPS) is 17.3. The summed E-state index contributed by atoms with van der Waals surface area (Å²) in [6.07, 6.45) is 5.58. The van der Waals surface area contributed by atoms with E-state index in [4.69, 9.17) is 4.74 Å². The van der Waals surface area contributed by atoms with Crippen molar-refractivity contribution in [2.75, 3.05) is 48.9 Å². The van der Waals surface area contributed by atoms with E-state index in [1.54, 1.807) is 23.1 Å². The molecule has 2 aromatic rings. The number of nitrogens with one attached hydrogen (secondary N) is 3. The molecule has 2 heterocycles. The highest BCUT2D eigenvalue weighted by Crippen LogP contribution is 2.40. The number of methoxy groups -OCH3 is 1. The number of aromatic nitrogens is 2. The molecule has 0 atom stereocenters. The van der Waals surface area contributed by atoms with Crippen molar-refractivity contribution >= 4 is 35.0 Å². The van der Waals surface area contributed by atoms with Crippen molar-refractivity contribution in [2.24, 2.45) is 0 Å². The van der Waals surface area contributed by atoms with Gasteiger partial charge in [0.2, 0.25) is 5.95 Å². The standard InChI is InChI=1S/C27H37F2N7O3/c1-17(2)30-12-7-13-31-24(37)18-10-11-20(22(14-18)39-4)33-26-32-15-21-23(34-26)36(19-8-5-6-9-19)16-27(28,29)25(38)35(21)3/h10-11,14-15,17,19,30H,5-9,12-13,16H2,1-4H3,(H,31,37)(H,32,33,34). The Balaban J connectivity index is 1.54. The highest BCUT2D eigenvalue weighted by molar-refractivity contribution is 6.02. The molecule has 39 heavy (non-hydrogen) atoms. The Bertz CT molecular complexity index is 1190. The van der Waals surface area contributed by atoms with E-state index >= 15 is 0 Å². The van der Waals surface area contributed by atoms with E-state index < -0.39 is 18.4 Å². The Morgan fingerprint density at radius 3 is 2.67 bits per heavy atom. The van der Waals surface area contributed by atoms with Crippen molar-refractivity contribution in [2.45, 2.75) is 64.0 Å². The zero-order valence-electron chi connectivity index (χ0n) is 22.9. The molecule has 0 bridgehead atoms. The van der Waals surface area contributed by atoms with Gasteiger partial charge in [-0.25, -0.2) is 4.98 Å². The molecule has 0 radical (unpaired) electrons. The molecule has 0 saturated heterocycles. The number of hydrogen-bond donors (Lipinski definition) is 3. The molecule has 2 amide bonds. The van der Waals surface area contributed by atoms with Crippen molar-refractivity contribution in [3.63, 3.8) is 0 Å². The van der Waals surface area contributed by atoms with Crippen molar-refractivity contribution in [1.82, 2.24) is 20.6 Å². The molecule has 1 fully saturated rings. The van der Waals surface area contributed by atoms with Gasteiger partial charge in [0.1, 0.15) is 11.4 Å². The first kappa shape index (κ1) is 28.5. The van der Waals surface area contributed by atoms with Crippen LogP contribution < -0.4 is 30.5 Å². The molecule has 3 N–H and O–H groups in total. The van der Waals surface area contributed by atoms with Gasteiger partial charge in [-0.15, -0.1) is 0 Å². The lowest BCUT2D eigenvalue weighted by molar-refractivity contribution is -0.140. The molecule has 1 aliphatic carbocycles. The van der Waals surface area contributed by atoms with Gasteiger partial charge in [0.25, 0.3) is 11.8 Å². The van der Waals surface area contributed by atoms with Crippen LogP contribution in [0.1, 0.15) is 56.3 Å². The molecule has 1 aromatic carbocycles. The summed E-state index contributed by atoms with van der Waals surface area (Å²) in [4.78, 5) is 36.5. The number of carbonyl (C=O) groups is 2. The van der Waals surface area contributed by atoms with Gasteiger partial charge in [-0.2, -0.15) is 13.8 Å². The van der Waals surface area contributed by atoms with Crippen LogP contribution in [-0.2, 0) is 4.79 Å². The molecule has 1 saturated carbocycles. The molecule has 0 unspecified atom stereocenters. The fourth-order valence-electron chi connectivity index (χ4n) is 4.94. The number of rotatable bonds is 10. The highest BCUT2D eigenvalue weighted by Gasteiger charge is 2.48. The summed E-state index contributed by atoms with van der Waals surface area (Å²) in [6, 6.07) is 5.22. The predicted octanol–water partition coefficient (Wildman–Crippen LogP) is 3.71. The van der Waals surface area contributed by atoms with Gasteiger partial charge in [-0.3, -0.25) is 9.59 Å². The summed E-state index contributed by atoms with van der Waals surface area (Å²) in [5, 5.41) is 9.29. The van der Waals surface area contributed by atoms with Crippen LogP contribution in [0.15, 0.2) is 24.4 Å². The molecular weight excluding hydrogens is 508 g/mol. The van der Waals surface area contributed by atoms with Gasteiger partial charge >= 0.3 is 5.92 Å². The number of fused-ring (bicyclic) bond motifs is 1. The lowest BCUT2D eigenvalue weighted by Crippen LogP contribution is -2.48. The molecule has 1 aliphatic heterocycles. The minimum Gasteiger partial charge on any atom is -0.495 e. The van der Waals surface area contributed by atoms with Gasteiger partial charge in [0.15, 0.2) is 5.82 Å². The fourth-order valence-corrected chi connectivity index (χ4v) is 4.94. The third-order valence-corrected chi connectivity index (χ3v) is 7.04. The number of amides is 2. The van der Waals surface area contributed by atoms with Crippen LogP contribution in [0, 0.1) is 0 Å². The van der Waals surface area contributed by atoms with E-state index in [0.29, 0.717) is 29.6 Å². The van der Waals surface area contributed by atoms with E-state index in [9.17, 15) is 18.4 Å². The first-order chi connectivity index (χ1) is 18.6. The highest BCUT2D eigenvalue weighted by atomic mass is 19.3. The van der Waals surface area contributed by atoms with E-state index in [-0.39, 0.29) is 29.4 Å². The Hall–Kier alpha value is -3.54. The van der Waals surface area contributed by atoms with Crippen LogP contribution in [-0.4, -0.2) is 73.6 Å². The zero-order valence-corrected chi connectivity index (χ0v) is 22.9. The number of benzene rings is 1. The van der Waals surface area contributed by atoms with Gasteiger partial charge in [-0.1, -0.05) is 26.7 Å². The SMILES string of the molecule is COc1cc(C(=O)NCCCNC(C)C)ccc1Nc1ncc2c(n1)N(C1CCCC1)CC(F)(F)C(=O)N2C. The number of ether oxygens (including phenoxy) is 1. The van der Waals surface area contributed by atoms with Gasteiger partial charge in [-0.05, 0) is 44.0 Å². The molecule has 1 aromatic heterocycles. The van der Waals surface area contributed by atoms with Gasteiger partial charge in [0, 0.05) is 31.2 Å². The Morgan fingerprint density at radius 1 is 1.23 bits per heavy atom. The van der Waals surface area contributed by atoms with E-state index in [2.05, 4.69) is 39.8 Å². The summed E-state index contributed by atoms with van der Waals surface area (Å²) in [6.45, 7) is 4.76. The Kier molecular flexibility index (Phi) is 8.83. The average molecular weight is 546 g/mol. The molecule has 212 valence electrons. The van der Waals surface area contributed by atoms with E-state index in [1.165, 1.54) is 20.4 Å². The number of carbonyl (C=O) groups excluding carboxylic acids is 2. The van der Waals surface area contributed by atoms with Crippen molar-refractivity contribution in [3.05, 3.63) is 30.0 Å². The van der Waals surface area contributed by atoms with Crippen LogP contribution in [0.3, 0.4) is 0 Å². The van der Waals surface area contributed by atoms with E-state index in [1.807, 2.05) is 0 Å². The number of alkyl halides is 2. The van der Waals surface area contributed by atoms with Crippen molar-refractivity contribution < 1.29 is 23.1 Å². The average Bonchev–Trinajstić information content (AvgIpc) is 3.43. The van der Waals surface area contributed by atoms with Crippen LogP contribution in [0.4, 0.5) is 31.9 Å². The lowest BCUT2D eigenvalue weighted by atomic mass is 10.1. The molecule has 12 heteroatoms. The summed E-state index contributed by atoms with van der Waals surface area (Å²) in [5.74, 6) is -4.19. The van der Waals surface area contributed by atoms with Crippen LogP contribution in [0.25, 0.3) is 0 Å². The summed E-state index contributed by atoms with van der Waals surface area (Å²) >= 11 is 0. The number of halogens is 2. The third kappa shape index (κ3) is 6.55. The Morgan fingerprint density at radius 2 is 1.97 bits per heavy atom. The largest absolute Gasteiger partial charge is 0.495 e. The maximum Gasteiger partial charge on any atom is 0.342 e. The molecule has 10 nitrogen and oxygen atoms in total. The molecule has 2 aliphatic rings. The monoisotopic (exact) mass is 545 g/mol. The fraction of sp³-hybridized carbons (Fsp3) is 0.556. The molecule has 0 spiro atoms. The molecular formula is C27H37F2N7O3. The second-order valence-corrected chi connectivity index (χ2v) is 10.3. The summed E-state index contributed by atoms with van der Waals surface area (Å²) < 4.78 is 35.2. The first-order valence-electron chi connectivity index (χ1n) is 13.4. The van der Waals surface area contributed by atoms with Crippen LogP contribution >= 0.6 is 0 Å². The number of nitrogens with zero attached hydrogens (tertiary/aromatic N) is 4. The van der Waals surface area contributed by atoms with E-state index in [0.717, 1.165) is 43.5 Å². The minimum absolute atomic E-state index is 0.134. The lowest BCUT2D eigenvalue weighted by Gasteiger charge is -2.31. The predicted molar refractivity (Wildman–Crippen MR) is 146 cm³/mol.